The lowest BCUT2D eigenvalue weighted by atomic mass is 9.85. The summed E-state index contributed by atoms with van der Waals surface area (Å²) in [5.74, 6) is 0.907. The molecule has 3 N–H and O–H groups in total. The fraction of sp³-hybridized carbons (Fsp3) is 0.611. The average Bonchev–Trinajstić information content (AvgIpc) is 3.06. The molecule has 1 saturated carbocycles. The third-order valence-corrected chi connectivity index (χ3v) is 7.07. The molecule has 2 aromatic rings. The highest BCUT2D eigenvalue weighted by molar-refractivity contribution is 7.18. The van der Waals surface area contributed by atoms with Crippen LogP contribution in [-0.2, 0) is 11.3 Å². The molecule has 7 heteroatoms. The number of hydrogen-bond acceptors (Lipinski definition) is 5. The summed E-state index contributed by atoms with van der Waals surface area (Å²) in [7, 11) is 0. The maximum atomic E-state index is 12.5. The summed E-state index contributed by atoms with van der Waals surface area (Å²) in [6.45, 7) is 4.45. The predicted octanol–water partition coefficient (Wildman–Crippen LogP) is 2.22. The molecule has 25 heavy (non-hydrogen) atoms. The minimum atomic E-state index is -0.263. The second-order valence-electron chi connectivity index (χ2n) is 7.41. The van der Waals surface area contributed by atoms with Crippen molar-refractivity contribution < 1.29 is 4.79 Å². The molecule has 0 radical (unpaired) electrons. The minimum absolute atomic E-state index is 0.0862. The van der Waals surface area contributed by atoms with E-state index in [2.05, 4.69) is 14.9 Å². The van der Waals surface area contributed by atoms with Crippen LogP contribution in [0.5, 0.6) is 0 Å². The molecule has 2 aromatic heterocycles. The second kappa shape index (κ2) is 6.21. The van der Waals surface area contributed by atoms with E-state index in [1.807, 2.05) is 13.8 Å². The van der Waals surface area contributed by atoms with Crippen molar-refractivity contribution in [3.8, 4) is 0 Å². The highest BCUT2D eigenvalue weighted by Crippen LogP contribution is 2.40. The Kier molecular flexibility index (Phi) is 4.16. The maximum Gasteiger partial charge on any atom is 0.259 e. The molecular formula is C18H24N4O2S. The largest absolute Gasteiger partial charge is 0.368 e. The van der Waals surface area contributed by atoms with E-state index in [0.29, 0.717) is 29.7 Å². The van der Waals surface area contributed by atoms with Crippen LogP contribution in [-0.4, -0.2) is 32.9 Å². The number of nitrogens with one attached hydrogen (secondary N) is 1. The molecule has 134 valence electrons. The highest BCUT2D eigenvalue weighted by atomic mass is 32.1. The Morgan fingerprint density at radius 1 is 1.36 bits per heavy atom. The summed E-state index contributed by atoms with van der Waals surface area (Å²) in [6, 6.07) is 0.125. The molecule has 4 rings (SSSR count). The fourth-order valence-corrected chi connectivity index (χ4v) is 5.66. The SMILES string of the molecule is Cc1sc2nc(CN3C(C(N)=O)CC4CCCCC43)[nH]c(=O)c2c1C. The number of aryl methyl sites for hydroxylation is 2. The van der Waals surface area contributed by atoms with Gasteiger partial charge in [0.15, 0.2) is 0 Å². The van der Waals surface area contributed by atoms with Gasteiger partial charge in [0.25, 0.3) is 5.56 Å². The van der Waals surface area contributed by atoms with Gasteiger partial charge >= 0.3 is 0 Å². The summed E-state index contributed by atoms with van der Waals surface area (Å²) in [4.78, 5) is 36.2. The minimum Gasteiger partial charge on any atom is -0.368 e. The normalized spacial score (nSPS) is 26.9. The monoisotopic (exact) mass is 360 g/mol. The highest BCUT2D eigenvalue weighted by Gasteiger charge is 2.44. The first-order valence-electron chi connectivity index (χ1n) is 8.99. The summed E-state index contributed by atoms with van der Waals surface area (Å²) in [5, 5.41) is 0.690. The van der Waals surface area contributed by atoms with Crippen molar-refractivity contribution in [2.75, 3.05) is 0 Å². The third-order valence-electron chi connectivity index (χ3n) is 5.97. The molecule has 1 aliphatic carbocycles. The number of primary amides is 1. The lowest BCUT2D eigenvalue weighted by molar-refractivity contribution is -0.123. The molecule has 3 atom stereocenters. The first-order chi connectivity index (χ1) is 12.0. The van der Waals surface area contributed by atoms with Gasteiger partial charge in [-0.2, -0.15) is 0 Å². The zero-order valence-electron chi connectivity index (χ0n) is 14.7. The Labute approximate surface area is 150 Å². The van der Waals surface area contributed by atoms with Crippen molar-refractivity contribution in [2.24, 2.45) is 11.7 Å². The van der Waals surface area contributed by atoms with Gasteiger partial charge in [0.05, 0.1) is 18.0 Å². The molecule has 1 aliphatic heterocycles. The van der Waals surface area contributed by atoms with E-state index in [0.717, 1.165) is 34.5 Å². The molecule has 2 fully saturated rings. The molecule has 1 amide bonds. The number of carbonyl (C=O) groups is 1. The van der Waals surface area contributed by atoms with Crippen LogP contribution in [0.1, 0.15) is 48.4 Å². The molecule has 3 unspecified atom stereocenters. The number of nitrogens with zero attached hydrogens (tertiary/aromatic N) is 2. The van der Waals surface area contributed by atoms with E-state index in [4.69, 9.17) is 5.73 Å². The number of carbonyl (C=O) groups excluding carboxylic acids is 1. The van der Waals surface area contributed by atoms with Gasteiger partial charge in [-0.25, -0.2) is 4.98 Å². The fourth-order valence-electron chi connectivity index (χ4n) is 4.61. The standard InChI is InChI=1S/C18H24N4O2S/c1-9-10(2)25-18-15(9)17(24)20-14(21-18)8-22-12-6-4-3-5-11(12)7-13(22)16(19)23/h11-13H,3-8H2,1-2H3,(H2,19,23)(H,20,21,24). The van der Waals surface area contributed by atoms with Crippen molar-refractivity contribution in [1.29, 1.82) is 0 Å². The van der Waals surface area contributed by atoms with E-state index in [1.165, 1.54) is 12.8 Å². The van der Waals surface area contributed by atoms with Gasteiger partial charge in [0, 0.05) is 10.9 Å². The molecule has 0 aromatic carbocycles. The number of aromatic amines is 1. The van der Waals surface area contributed by atoms with Crippen LogP contribution in [0, 0.1) is 19.8 Å². The zero-order chi connectivity index (χ0) is 17.7. The van der Waals surface area contributed by atoms with Gasteiger partial charge in [-0.15, -0.1) is 11.3 Å². The van der Waals surface area contributed by atoms with Crippen molar-refractivity contribution in [2.45, 2.75) is 64.6 Å². The van der Waals surface area contributed by atoms with Crippen LogP contribution in [0.15, 0.2) is 4.79 Å². The van der Waals surface area contributed by atoms with Crippen molar-refractivity contribution in [3.63, 3.8) is 0 Å². The van der Waals surface area contributed by atoms with Crippen LogP contribution in [0.2, 0.25) is 0 Å². The molecule has 3 heterocycles. The number of H-pyrrole nitrogens is 1. The molecule has 6 nitrogen and oxygen atoms in total. The Morgan fingerprint density at radius 2 is 2.12 bits per heavy atom. The number of aromatic nitrogens is 2. The van der Waals surface area contributed by atoms with E-state index in [-0.39, 0.29) is 17.5 Å². The first-order valence-corrected chi connectivity index (χ1v) is 9.81. The van der Waals surface area contributed by atoms with E-state index < -0.39 is 0 Å². The van der Waals surface area contributed by atoms with Gasteiger partial charge in [-0.3, -0.25) is 14.5 Å². The number of nitrogens with two attached hydrogens (primary N) is 1. The van der Waals surface area contributed by atoms with Gasteiger partial charge in [-0.1, -0.05) is 12.8 Å². The summed E-state index contributed by atoms with van der Waals surface area (Å²) >= 11 is 1.55. The van der Waals surface area contributed by atoms with Gasteiger partial charge in [0.1, 0.15) is 10.7 Å². The Morgan fingerprint density at radius 3 is 2.88 bits per heavy atom. The lowest BCUT2D eigenvalue weighted by Gasteiger charge is -2.32. The Hall–Kier alpha value is -1.73. The third kappa shape index (κ3) is 2.79. The summed E-state index contributed by atoms with van der Waals surface area (Å²) in [6.07, 6.45) is 5.52. The maximum absolute atomic E-state index is 12.5. The van der Waals surface area contributed by atoms with Crippen LogP contribution in [0.3, 0.4) is 0 Å². The Balaban J connectivity index is 1.69. The number of fused-ring (bicyclic) bond motifs is 2. The van der Waals surface area contributed by atoms with Crippen molar-refractivity contribution in [1.82, 2.24) is 14.9 Å². The van der Waals surface area contributed by atoms with Crippen LogP contribution >= 0.6 is 11.3 Å². The molecule has 0 spiro atoms. The number of hydrogen-bond donors (Lipinski definition) is 2. The topological polar surface area (TPSA) is 92.1 Å². The molecular weight excluding hydrogens is 336 g/mol. The quantitative estimate of drug-likeness (QED) is 0.878. The summed E-state index contributed by atoms with van der Waals surface area (Å²) < 4.78 is 0. The van der Waals surface area contributed by atoms with Crippen molar-refractivity contribution in [3.05, 3.63) is 26.6 Å². The zero-order valence-corrected chi connectivity index (χ0v) is 15.5. The summed E-state index contributed by atoms with van der Waals surface area (Å²) in [5.41, 5.74) is 6.59. The first kappa shape index (κ1) is 16.7. The van der Waals surface area contributed by atoms with Crippen molar-refractivity contribution >= 4 is 27.5 Å². The Bertz CT molecular complexity index is 887. The molecule has 0 bridgehead atoms. The molecule has 2 aliphatic rings. The number of thiophene rings is 1. The van der Waals surface area contributed by atoms with E-state index in [1.54, 1.807) is 11.3 Å². The second-order valence-corrected chi connectivity index (χ2v) is 8.62. The molecule has 1 saturated heterocycles. The van der Waals surface area contributed by atoms with Crippen LogP contribution in [0.4, 0.5) is 0 Å². The van der Waals surface area contributed by atoms with E-state index in [9.17, 15) is 9.59 Å². The van der Waals surface area contributed by atoms with Gasteiger partial charge in [-0.05, 0) is 44.6 Å². The van der Waals surface area contributed by atoms with Gasteiger partial charge in [0.2, 0.25) is 5.91 Å². The van der Waals surface area contributed by atoms with Crippen LogP contribution < -0.4 is 11.3 Å². The number of amides is 1. The van der Waals surface area contributed by atoms with E-state index >= 15 is 0 Å². The number of rotatable bonds is 3. The van der Waals surface area contributed by atoms with Crippen LogP contribution in [0.25, 0.3) is 10.2 Å². The number of likely N-dealkylation sites (tertiary alicyclic amines) is 1. The van der Waals surface area contributed by atoms with Gasteiger partial charge < -0.3 is 10.7 Å². The lowest BCUT2D eigenvalue weighted by Crippen LogP contribution is -2.44. The average molecular weight is 360 g/mol. The predicted molar refractivity (Wildman–Crippen MR) is 98.6 cm³/mol. The smallest absolute Gasteiger partial charge is 0.259 e.